The third kappa shape index (κ3) is 2.72. The van der Waals surface area contributed by atoms with Crippen LogP contribution in [0.3, 0.4) is 0 Å². The van der Waals surface area contributed by atoms with Gasteiger partial charge < -0.3 is 15.4 Å². The number of fused-ring (bicyclic) bond motifs is 2. The molecule has 0 spiro atoms. The molecule has 4 nitrogen and oxygen atoms in total. The molecule has 2 bridgehead atoms. The molecule has 2 aliphatic carbocycles. The number of amides is 1. The van der Waals surface area contributed by atoms with Gasteiger partial charge in [0, 0.05) is 19.1 Å². The number of carbonyl (C=O) groups excluding carboxylic acids is 1. The lowest BCUT2D eigenvalue weighted by atomic mass is 9.84. The molecule has 1 aromatic carbocycles. The molecule has 1 amide bonds. The maximum Gasteiger partial charge on any atom is 0.227 e. The molecule has 0 saturated heterocycles. The quantitative estimate of drug-likeness (QED) is 0.909. The first-order chi connectivity index (χ1) is 10.6. The van der Waals surface area contributed by atoms with Gasteiger partial charge in [0.05, 0.1) is 13.0 Å². The van der Waals surface area contributed by atoms with Gasteiger partial charge in [-0.05, 0) is 55.7 Å². The van der Waals surface area contributed by atoms with Crippen LogP contribution in [-0.4, -0.2) is 30.5 Å². The summed E-state index contributed by atoms with van der Waals surface area (Å²) in [5.41, 5.74) is 7.46. The molecule has 2 fully saturated rings. The molecule has 0 aromatic heterocycles. The van der Waals surface area contributed by atoms with Gasteiger partial charge in [-0.1, -0.05) is 12.1 Å². The molecule has 0 unspecified atom stereocenters. The second-order valence-corrected chi connectivity index (χ2v) is 6.64. The molecule has 4 heteroatoms. The number of methoxy groups -OCH3 is 1. The molecular weight excluding hydrogens is 276 g/mol. The van der Waals surface area contributed by atoms with Gasteiger partial charge in [0.15, 0.2) is 0 Å². The molecule has 3 rings (SSSR count). The van der Waals surface area contributed by atoms with Crippen molar-refractivity contribution < 1.29 is 9.53 Å². The molecule has 0 heterocycles. The van der Waals surface area contributed by atoms with Crippen LogP contribution in [0.1, 0.15) is 31.7 Å². The largest absolute Gasteiger partial charge is 0.497 e. The standard InChI is InChI=1S/C18H26N2O2/c1-3-20(11-12-4-8-15(22-2)9-5-12)18(21)16-13-6-7-14(10-13)17(16)19/h4-5,8-9,13-14,16-17H,3,6-7,10-11,19H2,1-2H3/t13-,14-,16+,17+/m0/s1. The minimum Gasteiger partial charge on any atom is -0.497 e. The van der Waals surface area contributed by atoms with Gasteiger partial charge in [-0.15, -0.1) is 0 Å². The average molecular weight is 302 g/mol. The highest BCUT2D eigenvalue weighted by Crippen LogP contribution is 2.48. The van der Waals surface area contributed by atoms with E-state index in [0.717, 1.165) is 24.3 Å². The van der Waals surface area contributed by atoms with E-state index < -0.39 is 0 Å². The maximum absolute atomic E-state index is 12.9. The topological polar surface area (TPSA) is 55.6 Å². The lowest BCUT2D eigenvalue weighted by molar-refractivity contribution is -0.138. The number of carbonyl (C=O) groups is 1. The Kier molecular flexibility index (Phi) is 4.39. The molecule has 2 saturated carbocycles. The minimum atomic E-state index is 0.0388. The first kappa shape index (κ1) is 15.3. The number of hydrogen-bond acceptors (Lipinski definition) is 3. The third-order valence-electron chi connectivity index (χ3n) is 5.49. The Morgan fingerprint density at radius 1 is 1.27 bits per heavy atom. The SMILES string of the molecule is CCN(Cc1ccc(OC)cc1)C(=O)[C@@H]1[C@H]2CC[C@@H](C2)[C@H]1N. The first-order valence-corrected chi connectivity index (χ1v) is 8.31. The van der Waals surface area contributed by atoms with E-state index in [1.807, 2.05) is 36.1 Å². The molecule has 0 radical (unpaired) electrons. The Hall–Kier alpha value is -1.55. The summed E-state index contributed by atoms with van der Waals surface area (Å²) in [7, 11) is 1.66. The van der Waals surface area contributed by atoms with Gasteiger partial charge in [-0.25, -0.2) is 0 Å². The van der Waals surface area contributed by atoms with Crippen molar-refractivity contribution in [1.29, 1.82) is 0 Å². The molecule has 120 valence electrons. The summed E-state index contributed by atoms with van der Waals surface area (Å²) >= 11 is 0. The number of benzene rings is 1. The van der Waals surface area contributed by atoms with E-state index in [1.165, 1.54) is 12.8 Å². The van der Waals surface area contributed by atoms with E-state index in [9.17, 15) is 4.79 Å². The van der Waals surface area contributed by atoms with Crippen LogP contribution in [0.4, 0.5) is 0 Å². The minimum absolute atomic E-state index is 0.0388. The molecule has 1 aromatic rings. The van der Waals surface area contributed by atoms with E-state index in [2.05, 4.69) is 0 Å². The van der Waals surface area contributed by atoms with Crippen LogP contribution in [0.25, 0.3) is 0 Å². The molecule has 2 N–H and O–H groups in total. The van der Waals surface area contributed by atoms with Crippen molar-refractivity contribution in [3.8, 4) is 5.75 Å². The number of hydrogen-bond donors (Lipinski definition) is 1. The van der Waals surface area contributed by atoms with Crippen LogP contribution >= 0.6 is 0 Å². The summed E-state index contributed by atoms with van der Waals surface area (Å²) in [4.78, 5) is 14.9. The summed E-state index contributed by atoms with van der Waals surface area (Å²) in [6.45, 7) is 3.42. The van der Waals surface area contributed by atoms with Crippen LogP contribution in [0.5, 0.6) is 5.75 Å². The van der Waals surface area contributed by atoms with E-state index >= 15 is 0 Å². The Morgan fingerprint density at radius 3 is 2.50 bits per heavy atom. The van der Waals surface area contributed by atoms with Crippen molar-refractivity contribution >= 4 is 5.91 Å². The monoisotopic (exact) mass is 302 g/mol. The fraction of sp³-hybridized carbons (Fsp3) is 0.611. The van der Waals surface area contributed by atoms with Crippen molar-refractivity contribution in [3.05, 3.63) is 29.8 Å². The second-order valence-electron chi connectivity index (χ2n) is 6.64. The first-order valence-electron chi connectivity index (χ1n) is 8.31. The van der Waals surface area contributed by atoms with Crippen LogP contribution < -0.4 is 10.5 Å². The van der Waals surface area contributed by atoms with Gasteiger partial charge in [0.1, 0.15) is 5.75 Å². The van der Waals surface area contributed by atoms with Crippen molar-refractivity contribution in [2.24, 2.45) is 23.5 Å². The lowest BCUT2D eigenvalue weighted by Gasteiger charge is -2.32. The highest BCUT2D eigenvalue weighted by Gasteiger charge is 2.49. The van der Waals surface area contributed by atoms with Crippen LogP contribution in [-0.2, 0) is 11.3 Å². The normalized spacial score (nSPS) is 29.6. The van der Waals surface area contributed by atoms with Crippen molar-refractivity contribution in [3.63, 3.8) is 0 Å². The average Bonchev–Trinajstić information content (AvgIpc) is 3.13. The van der Waals surface area contributed by atoms with Crippen molar-refractivity contribution in [1.82, 2.24) is 4.90 Å². The predicted octanol–water partition coefficient (Wildman–Crippen LogP) is 2.42. The molecule has 0 aliphatic heterocycles. The van der Waals surface area contributed by atoms with Crippen molar-refractivity contribution in [2.75, 3.05) is 13.7 Å². The summed E-state index contributed by atoms with van der Waals surface area (Å²) in [5, 5.41) is 0. The Bertz CT molecular complexity index is 526. The number of nitrogens with two attached hydrogens (primary N) is 1. The molecule has 4 atom stereocenters. The van der Waals surface area contributed by atoms with E-state index in [0.29, 0.717) is 18.4 Å². The molecular formula is C18H26N2O2. The second kappa shape index (κ2) is 6.29. The van der Waals surface area contributed by atoms with Gasteiger partial charge >= 0.3 is 0 Å². The zero-order valence-corrected chi connectivity index (χ0v) is 13.5. The Labute approximate surface area is 132 Å². The number of rotatable bonds is 5. The lowest BCUT2D eigenvalue weighted by Crippen LogP contribution is -2.46. The Morgan fingerprint density at radius 2 is 1.95 bits per heavy atom. The fourth-order valence-corrected chi connectivity index (χ4v) is 4.21. The predicted molar refractivity (Wildman–Crippen MR) is 86.4 cm³/mol. The third-order valence-corrected chi connectivity index (χ3v) is 5.49. The number of nitrogens with zero attached hydrogens (tertiary/aromatic N) is 1. The summed E-state index contributed by atoms with van der Waals surface area (Å²) in [6, 6.07) is 8.00. The van der Waals surface area contributed by atoms with E-state index in [1.54, 1.807) is 7.11 Å². The number of ether oxygens (including phenoxy) is 1. The van der Waals surface area contributed by atoms with Gasteiger partial charge in [-0.2, -0.15) is 0 Å². The van der Waals surface area contributed by atoms with Crippen LogP contribution in [0.2, 0.25) is 0 Å². The van der Waals surface area contributed by atoms with Gasteiger partial charge in [-0.3, -0.25) is 4.79 Å². The summed E-state index contributed by atoms with van der Waals surface area (Å²) in [5.74, 6) is 2.21. The smallest absolute Gasteiger partial charge is 0.227 e. The van der Waals surface area contributed by atoms with Gasteiger partial charge in [0.2, 0.25) is 5.91 Å². The highest BCUT2D eigenvalue weighted by atomic mass is 16.5. The zero-order chi connectivity index (χ0) is 15.7. The van der Waals surface area contributed by atoms with Gasteiger partial charge in [0.25, 0.3) is 0 Å². The van der Waals surface area contributed by atoms with Crippen molar-refractivity contribution in [2.45, 2.75) is 38.8 Å². The van der Waals surface area contributed by atoms with E-state index in [4.69, 9.17) is 10.5 Å². The zero-order valence-electron chi connectivity index (χ0n) is 13.5. The molecule has 2 aliphatic rings. The summed E-state index contributed by atoms with van der Waals surface area (Å²) in [6.07, 6.45) is 3.53. The Balaban J connectivity index is 1.69. The summed E-state index contributed by atoms with van der Waals surface area (Å²) < 4.78 is 5.18. The highest BCUT2D eigenvalue weighted by molar-refractivity contribution is 5.80. The molecule has 22 heavy (non-hydrogen) atoms. The fourth-order valence-electron chi connectivity index (χ4n) is 4.21. The van der Waals surface area contributed by atoms with Crippen LogP contribution in [0.15, 0.2) is 24.3 Å². The van der Waals surface area contributed by atoms with Crippen LogP contribution in [0, 0.1) is 17.8 Å². The van der Waals surface area contributed by atoms with E-state index in [-0.39, 0.29) is 17.9 Å². The maximum atomic E-state index is 12.9.